The minimum Gasteiger partial charge on any atom is -0.444 e. The molecule has 4 amide bonds. The van der Waals surface area contributed by atoms with Gasteiger partial charge in [0.15, 0.2) is 0 Å². The average molecular weight is 618 g/mol. The van der Waals surface area contributed by atoms with Crippen molar-refractivity contribution < 1.29 is 23.9 Å². The van der Waals surface area contributed by atoms with Crippen molar-refractivity contribution in [3.8, 4) is 0 Å². The van der Waals surface area contributed by atoms with Crippen LogP contribution in [0.3, 0.4) is 0 Å². The summed E-state index contributed by atoms with van der Waals surface area (Å²) < 4.78 is 5.52. The number of nitrogens with one attached hydrogen (secondary N) is 1. The van der Waals surface area contributed by atoms with Crippen molar-refractivity contribution in [3.05, 3.63) is 72.6 Å². The molecule has 1 aromatic heterocycles. The molecule has 0 saturated carbocycles. The smallest absolute Gasteiger partial charge is 0.410 e. The lowest BCUT2D eigenvalue weighted by atomic mass is 9.87. The molecular weight excluding hydrogens is 570 g/mol. The van der Waals surface area contributed by atoms with Gasteiger partial charge < -0.3 is 19.9 Å². The van der Waals surface area contributed by atoms with E-state index in [9.17, 15) is 19.2 Å². The fourth-order valence-electron chi connectivity index (χ4n) is 5.86. The molecule has 0 aliphatic carbocycles. The maximum atomic E-state index is 14.5. The van der Waals surface area contributed by atoms with E-state index in [-0.39, 0.29) is 35.3 Å². The van der Waals surface area contributed by atoms with Crippen molar-refractivity contribution in [1.82, 2.24) is 20.1 Å². The standard InChI is InChI=1S/C35H47N5O5/c1-8-29(41)39-20-10-12-28(39)32(43)40(27-15-13-25(14-16-27)34(2,3)4)30(24-11-9-19-36-23-24)31(42)37-26-17-21-38(22-18-26)33(44)45-35(5,6)7/h8-9,11,13-16,19,23,26,28,30H,1,10,12,17-18,20-22H2,2-7H3,(H,37,42). The number of ether oxygens (including phenoxy) is 1. The number of carbonyl (C=O) groups excluding carboxylic acids is 4. The van der Waals surface area contributed by atoms with E-state index in [4.69, 9.17) is 4.74 Å². The molecule has 1 aromatic carbocycles. The van der Waals surface area contributed by atoms with Crippen LogP contribution in [-0.4, -0.2) is 75.9 Å². The monoisotopic (exact) mass is 617 g/mol. The maximum absolute atomic E-state index is 14.5. The maximum Gasteiger partial charge on any atom is 0.410 e. The zero-order valence-electron chi connectivity index (χ0n) is 27.4. The number of aromatic nitrogens is 1. The van der Waals surface area contributed by atoms with Crippen LogP contribution in [0.2, 0.25) is 0 Å². The molecule has 10 nitrogen and oxygen atoms in total. The van der Waals surface area contributed by atoms with Gasteiger partial charge in [-0.2, -0.15) is 0 Å². The third kappa shape index (κ3) is 8.29. The molecule has 242 valence electrons. The normalized spacial score (nSPS) is 18.2. The molecule has 2 aromatic rings. The molecule has 4 rings (SSSR count). The fourth-order valence-corrected chi connectivity index (χ4v) is 5.86. The van der Waals surface area contributed by atoms with Gasteiger partial charge in [0.25, 0.3) is 5.91 Å². The summed E-state index contributed by atoms with van der Waals surface area (Å²) in [6.45, 7) is 16.8. The third-order valence-corrected chi connectivity index (χ3v) is 8.24. The zero-order chi connectivity index (χ0) is 32.9. The van der Waals surface area contributed by atoms with Gasteiger partial charge in [-0.1, -0.05) is 45.5 Å². The van der Waals surface area contributed by atoms with E-state index >= 15 is 0 Å². The second-order valence-electron chi connectivity index (χ2n) is 13.8. The molecule has 3 heterocycles. The van der Waals surface area contributed by atoms with Crippen LogP contribution in [0.4, 0.5) is 10.5 Å². The number of piperidine rings is 1. The van der Waals surface area contributed by atoms with Crippen molar-refractivity contribution in [2.24, 2.45) is 0 Å². The molecule has 0 spiro atoms. The van der Waals surface area contributed by atoms with E-state index in [1.807, 2.05) is 45.0 Å². The molecule has 2 atom stereocenters. The van der Waals surface area contributed by atoms with Gasteiger partial charge in [0, 0.05) is 49.3 Å². The lowest BCUT2D eigenvalue weighted by molar-refractivity contribution is -0.135. The van der Waals surface area contributed by atoms with Gasteiger partial charge >= 0.3 is 6.09 Å². The number of carbonyl (C=O) groups is 4. The molecule has 0 bridgehead atoms. The Morgan fingerprint density at radius 2 is 1.67 bits per heavy atom. The van der Waals surface area contributed by atoms with E-state index in [0.29, 0.717) is 56.6 Å². The molecule has 2 unspecified atom stereocenters. The SMILES string of the molecule is C=CC(=O)N1CCCC1C(=O)N(c1ccc(C(C)(C)C)cc1)C(C(=O)NC1CCN(C(=O)OC(C)(C)C)CC1)c1cccnc1. The van der Waals surface area contributed by atoms with Gasteiger partial charge in [-0.3, -0.25) is 24.3 Å². The number of amides is 4. The minimum atomic E-state index is -1.04. The number of anilines is 1. The number of nitrogens with zero attached hydrogens (tertiary/aromatic N) is 4. The fraction of sp³-hybridized carbons (Fsp3) is 0.514. The van der Waals surface area contributed by atoms with E-state index in [0.717, 1.165) is 5.56 Å². The van der Waals surface area contributed by atoms with Crippen molar-refractivity contribution in [3.63, 3.8) is 0 Å². The Bertz CT molecular complexity index is 1370. The highest BCUT2D eigenvalue weighted by molar-refractivity contribution is 6.05. The van der Waals surface area contributed by atoms with Crippen molar-refractivity contribution in [1.29, 1.82) is 0 Å². The van der Waals surface area contributed by atoms with E-state index in [2.05, 4.69) is 37.7 Å². The Morgan fingerprint density at radius 1 is 1.00 bits per heavy atom. The lowest BCUT2D eigenvalue weighted by Crippen LogP contribution is -2.54. The summed E-state index contributed by atoms with van der Waals surface area (Å²) in [4.78, 5) is 63.2. The largest absolute Gasteiger partial charge is 0.444 e. The Hall–Kier alpha value is -4.21. The molecule has 2 fully saturated rings. The molecule has 45 heavy (non-hydrogen) atoms. The first-order valence-electron chi connectivity index (χ1n) is 15.7. The van der Waals surface area contributed by atoms with E-state index in [1.165, 1.54) is 15.9 Å². The lowest BCUT2D eigenvalue weighted by Gasteiger charge is -2.37. The summed E-state index contributed by atoms with van der Waals surface area (Å²) in [6.07, 6.45) is 6.32. The predicted octanol–water partition coefficient (Wildman–Crippen LogP) is 5.15. The summed E-state index contributed by atoms with van der Waals surface area (Å²) in [5, 5.41) is 3.17. The topological polar surface area (TPSA) is 112 Å². The van der Waals surface area contributed by atoms with Crippen LogP contribution in [0.25, 0.3) is 0 Å². The molecule has 2 saturated heterocycles. The summed E-state index contributed by atoms with van der Waals surface area (Å²) in [5.74, 6) is -1.01. The summed E-state index contributed by atoms with van der Waals surface area (Å²) in [5.41, 5.74) is 1.48. The summed E-state index contributed by atoms with van der Waals surface area (Å²) in [6, 6.07) is 9.21. The number of benzene rings is 1. The van der Waals surface area contributed by atoms with Crippen LogP contribution in [0.5, 0.6) is 0 Å². The second kappa shape index (κ2) is 13.8. The Kier molecular flexibility index (Phi) is 10.4. The molecule has 2 aliphatic heterocycles. The first kappa shape index (κ1) is 33.7. The predicted molar refractivity (Wildman–Crippen MR) is 174 cm³/mol. The van der Waals surface area contributed by atoms with Gasteiger partial charge in [-0.25, -0.2) is 4.79 Å². The first-order chi connectivity index (χ1) is 21.2. The average Bonchev–Trinajstić information content (AvgIpc) is 3.49. The second-order valence-corrected chi connectivity index (χ2v) is 13.8. The third-order valence-electron chi connectivity index (χ3n) is 8.24. The van der Waals surface area contributed by atoms with Crippen molar-refractivity contribution in [2.45, 2.75) is 96.4 Å². The Morgan fingerprint density at radius 3 is 2.22 bits per heavy atom. The number of rotatable bonds is 7. The molecule has 0 radical (unpaired) electrons. The van der Waals surface area contributed by atoms with Gasteiger partial charge in [0.2, 0.25) is 11.8 Å². The zero-order valence-corrected chi connectivity index (χ0v) is 27.4. The van der Waals surface area contributed by atoms with Crippen molar-refractivity contribution >= 4 is 29.5 Å². The van der Waals surface area contributed by atoms with Gasteiger partial charge in [0.1, 0.15) is 17.7 Å². The van der Waals surface area contributed by atoms with Crippen LogP contribution in [0, 0.1) is 0 Å². The van der Waals surface area contributed by atoms with Gasteiger partial charge in [-0.05, 0) is 81.7 Å². The summed E-state index contributed by atoms with van der Waals surface area (Å²) >= 11 is 0. The van der Waals surface area contributed by atoms with Crippen LogP contribution in [0.15, 0.2) is 61.4 Å². The van der Waals surface area contributed by atoms with Crippen molar-refractivity contribution in [2.75, 3.05) is 24.5 Å². The van der Waals surface area contributed by atoms with Gasteiger partial charge in [-0.15, -0.1) is 0 Å². The summed E-state index contributed by atoms with van der Waals surface area (Å²) in [7, 11) is 0. The molecule has 2 aliphatic rings. The highest BCUT2D eigenvalue weighted by Crippen LogP contribution is 2.33. The van der Waals surface area contributed by atoms with Crippen LogP contribution >= 0.6 is 0 Å². The number of likely N-dealkylation sites (tertiary alicyclic amines) is 2. The number of hydrogen-bond donors (Lipinski definition) is 1. The molecular formula is C35H47N5O5. The van der Waals surface area contributed by atoms with E-state index in [1.54, 1.807) is 29.4 Å². The van der Waals surface area contributed by atoms with Crippen LogP contribution in [-0.2, 0) is 24.5 Å². The number of pyridine rings is 1. The Balaban J connectivity index is 1.67. The van der Waals surface area contributed by atoms with Gasteiger partial charge in [0.05, 0.1) is 0 Å². The first-order valence-corrected chi connectivity index (χ1v) is 15.7. The molecule has 1 N–H and O–H groups in total. The van der Waals surface area contributed by atoms with Crippen LogP contribution < -0.4 is 10.2 Å². The highest BCUT2D eigenvalue weighted by Gasteiger charge is 2.42. The van der Waals surface area contributed by atoms with E-state index < -0.39 is 17.7 Å². The Labute approximate surface area is 266 Å². The quantitative estimate of drug-likeness (QED) is 0.431. The van der Waals surface area contributed by atoms with Crippen LogP contribution in [0.1, 0.15) is 84.4 Å². The minimum absolute atomic E-state index is 0.111. The highest BCUT2D eigenvalue weighted by atomic mass is 16.6. The molecule has 10 heteroatoms. The number of hydrogen-bond acceptors (Lipinski definition) is 6.